The fraction of sp³-hybridized carbons (Fsp3) is 0.0417. The molecule has 3 aromatic carbocycles. The van der Waals surface area contributed by atoms with Crippen LogP contribution in [0.1, 0.15) is 17.2 Å². The van der Waals surface area contributed by atoms with Crippen molar-refractivity contribution in [3.05, 3.63) is 101 Å². The largest absolute Gasteiger partial charge is 0.507 e. The van der Waals surface area contributed by atoms with Crippen LogP contribution < -0.4 is 4.90 Å². The zero-order valence-electron chi connectivity index (χ0n) is 16.6. The first kappa shape index (κ1) is 20.9. The first-order valence-electron chi connectivity index (χ1n) is 9.72. The third kappa shape index (κ3) is 3.56. The normalized spacial score (nSPS) is 17.8. The molecule has 2 heterocycles. The minimum absolute atomic E-state index is 0.116. The number of aliphatic hydroxyl groups is 1. The van der Waals surface area contributed by atoms with E-state index in [9.17, 15) is 27.9 Å². The van der Waals surface area contributed by atoms with Crippen LogP contribution in [0.5, 0.6) is 0 Å². The van der Waals surface area contributed by atoms with Crippen LogP contribution in [0.25, 0.3) is 16.0 Å². The Balaban J connectivity index is 1.73. The van der Waals surface area contributed by atoms with Gasteiger partial charge in [0, 0.05) is 5.56 Å². The van der Waals surface area contributed by atoms with Crippen LogP contribution in [-0.4, -0.2) is 21.8 Å². The maximum absolute atomic E-state index is 13.7. The predicted octanol–water partition coefficient (Wildman–Crippen LogP) is 5.34. The Kier molecular flexibility index (Phi) is 4.98. The number of nitrogens with zero attached hydrogens (tertiary/aromatic N) is 2. The molecule has 0 spiro atoms. The number of Topliss-reactive ketones (excluding diaryl/α,β-unsaturated/α-hetero) is 1. The third-order valence-electron chi connectivity index (χ3n) is 5.29. The number of ketones is 1. The Bertz CT molecular complexity index is 1450. The van der Waals surface area contributed by atoms with E-state index in [4.69, 9.17) is 0 Å². The molecule has 1 aromatic heterocycles. The van der Waals surface area contributed by atoms with E-state index in [1.165, 1.54) is 54.6 Å². The molecule has 5 rings (SSSR count). The molecule has 1 atom stereocenters. The van der Waals surface area contributed by atoms with Crippen molar-refractivity contribution in [2.75, 3.05) is 4.90 Å². The lowest BCUT2D eigenvalue weighted by atomic mass is 9.95. The van der Waals surface area contributed by atoms with Gasteiger partial charge in [-0.25, -0.2) is 18.2 Å². The molecule has 1 aliphatic rings. The van der Waals surface area contributed by atoms with Gasteiger partial charge in [0.25, 0.3) is 5.78 Å². The zero-order chi connectivity index (χ0) is 23.3. The van der Waals surface area contributed by atoms with Gasteiger partial charge in [0.1, 0.15) is 23.2 Å². The summed E-state index contributed by atoms with van der Waals surface area (Å²) in [6.45, 7) is 0. The molecule has 0 radical (unpaired) electrons. The predicted molar refractivity (Wildman–Crippen MR) is 117 cm³/mol. The van der Waals surface area contributed by atoms with Crippen molar-refractivity contribution in [1.82, 2.24) is 4.98 Å². The Labute approximate surface area is 189 Å². The molecule has 1 amide bonds. The van der Waals surface area contributed by atoms with E-state index in [0.717, 1.165) is 28.4 Å². The molecule has 1 aliphatic heterocycles. The summed E-state index contributed by atoms with van der Waals surface area (Å²) in [5.74, 6) is -3.97. The summed E-state index contributed by atoms with van der Waals surface area (Å²) in [5.41, 5.74) is 0.663. The highest BCUT2D eigenvalue weighted by Gasteiger charge is 2.48. The molecular weight excluding hydrogens is 453 g/mol. The van der Waals surface area contributed by atoms with E-state index in [-0.39, 0.29) is 16.3 Å². The Morgan fingerprint density at radius 1 is 0.879 bits per heavy atom. The molecule has 33 heavy (non-hydrogen) atoms. The SMILES string of the molecule is O=C1C(=O)N(c2nc3ccc(F)cc3s2)[C@@H](c2ccc(F)cc2)C1=C(O)c1ccc(F)cc1. The maximum atomic E-state index is 13.7. The number of aliphatic hydroxyl groups excluding tert-OH is 1. The van der Waals surface area contributed by atoms with Crippen molar-refractivity contribution in [1.29, 1.82) is 0 Å². The number of benzene rings is 3. The fourth-order valence-electron chi connectivity index (χ4n) is 3.74. The summed E-state index contributed by atoms with van der Waals surface area (Å²) in [6.07, 6.45) is 0. The van der Waals surface area contributed by atoms with Gasteiger partial charge < -0.3 is 5.11 Å². The van der Waals surface area contributed by atoms with Crippen LogP contribution >= 0.6 is 11.3 Å². The molecule has 0 aliphatic carbocycles. The highest BCUT2D eigenvalue weighted by atomic mass is 32.1. The van der Waals surface area contributed by atoms with E-state index in [1.807, 2.05) is 0 Å². The molecule has 0 bridgehead atoms. The molecule has 0 unspecified atom stereocenters. The van der Waals surface area contributed by atoms with Gasteiger partial charge in [0.2, 0.25) is 0 Å². The molecule has 1 fully saturated rings. The average molecular weight is 466 g/mol. The molecular formula is C24H13F3N2O3S. The van der Waals surface area contributed by atoms with Gasteiger partial charge in [0.15, 0.2) is 5.13 Å². The summed E-state index contributed by atoms with van der Waals surface area (Å²) >= 11 is 1.00. The summed E-state index contributed by atoms with van der Waals surface area (Å²) in [6, 6.07) is 12.7. The third-order valence-corrected chi connectivity index (χ3v) is 6.31. The van der Waals surface area contributed by atoms with E-state index >= 15 is 0 Å². The molecule has 0 saturated carbocycles. The zero-order valence-corrected chi connectivity index (χ0v) is 17.4. The number of hydrogen-bond donors (Lipinski definition) is 1. The van der Waals surface area contributed by atoms with E-state index in [2.05, 4.69) is 4.98 Å². The van der Waals surface area contributed by atoms with Crippen molar-refractivity contribution in [3.63, 3.8) is 0 Å². The van der Waals surface area contributed by atoms with Gasteiger partial charge in [-0.1, -0.05) is 23.5 Å². The number of fused-ring (bicyclic) bond motifs is 1. The molecule has 1 saturated heterocycles. The van der Waals surface area contributed by atoms with Crippen LogP contribution in [0.15, 0.2) is 72.3 Å². The number of thiazole rings is 1. The lowest BCUT2D eigenvalue weighted by Crippen LogP contribution is -2.29. The number of aromatic nitrogens is 1. The lowest BCUT2D eigenvalue weighted by Gasteiger charge is -2.23. The van der Waals surface area contributed by atoms with Gasteiger partial charge in [0.05, 0.1) is 21.8 Å². The van der Waals surface area contributed by atoms with Gasteiger partial charge in [-0.15, -0.1) is 0 Å². The van der Waals surface area contributed by atoms with Crippen LogP contribution in [0.4, 0.5) is 18.3 Å². The number of halogens is 3. The Hall–Kier alpha value is -3.98. The summed E-state index contributed by atoms with van der Waals surface area (Å²) in [5, 5.41) is 11.1. The highest BCUT2D eigenvalue weighted by Crippen LogP contribution is 2.44. The van der Waals surface area contributed by atoms with Gasteiger partial charge in [-0.05, 0) is 60.2 Å². The van der Waals surface area contributed by atoms with Crippen molar-refractivity contribution < 1.29 is 27.9 Å². The molecule has 164 valence electrons. The van der Waals surface area contributed by atoms with Crippen molar-refractivity contribution >= 4 is 44.1 Å². The smallest absolute Gasteiger partial charge is 0.301 e. The second-order valence-corrected chi connectivity index (χ2v) is 8.35. The van der Waals surface area contributed by atoms with Crippen LogP contribution in [-0.2, 0) is 9.59 Å². The number of carbonyl (C=O) groups excluding carboxylic acids is 2. The quantitative estimate of drug-likeness (QED) is 0.251. The van der Waals surface area contributed by atoms with E-state index < -0.39 is 40.9 Å². The number of hydrogen-bond acceptors (Lipinski definition) is 5. The second-order valence-electron chi connectivity index (χ2n) is 7.34. The highest BCUT2D eigenvalue weighted by molar-refractivity contribution is 7.22. The summed E-state index contributed by atoms with van der Waals surface area (Å²) in [4.78, 5) is 31.6. The molecule has 4 aromatic rings. The summed E-state index contributed by atoms with van der Waals surface area (Å²) in [7, 11) is 0. The Morgan fingerprint density at radius 3 is 2.15 bits per heavy atom. The monoisotopic (exact) mass is 466 g/mol. The number of amides is 1. The molecule has 9 heteroatoms. The topological polar surface area (TPSA) is 70.5 Å². The first-order valence-corrected chi connectivity index (χ1v) is 10.5. The molecule has 1 N–H and O–H groups in total. The van der Waals surface area contributed by atoms with Crippen LogP contribution in [0.3, 0.4) is 0 Å². The standard InChI is InChI=1S/C24H13F3N2O3S/c25-14-5-1-12(2-6-14)20-19(21(30)13-3-7-15(26)8-4-13)22(31)23(32)29(20)24-28-17-10-9-16(27)11-18(17)33-24/h1-11,20,30H/t20-/m0/s1. The summed E-state index contributed by atoms with van der Waals surface area (Å²) < 4.78 is 41.1. The van der Waals surface area contributed by atoms with Crippen LogP contribution in [0, 0.1) is 17.5 Å². The molecule has 5 nitrogen and oxygen atoms in total. The van der Waals surface area contributed by atoms with Gasteiger partial charge >= 0.3 is 5.91 Å². The van der Waals surface area contributed by atoms with Crippen LogP contribution in [0.2, 0.25) is 0 Å². The van der Waals surface area contributed by atoms with E-state index in [1.54, 1.807) is 0 Å². The minimum atomic E-state index is -1.12. The van der Waals surface area contributed by atoms with Gasteiger partial charge in [-0.2, -0.15) is 0 Å². The van der Waals surface area contributed by atoms with Crippen molar-refractivity contribution in [2.24, 2.45) is 0 Å². The maximum Gasteiger partial charge on any atom is 0.301 e. The second kappa shape index (κ2) is 7.86. The fourth-order valence-corrected chi connectivity index (χ4v) is 4.76. The average Bonchev–Trinajstić information content (AvgIpc) is 3.32. The van der Waals surface area contributed by atoms with Crippen molar-refractivity contribution in [3.8, 4) is 0 Å². The number of rotatable bonds is 3. The van der Waals surface area contributed by atoms with Crippen molar-refractivity contribution in [2.45, 2.75) is 6.04 Å². The number of anilines is 1. The Morgan fingerprint density at radius 2 is 1.48 bits per heavy atom. The van der Waals surface area contributed by atoms with Gasteiger partial charge in [-0.3, -0.25) is 14.5 Å². The minimum Gasteiger partial charge on any atom is -0.507 e. The number of carbonyl (C=O) groups is 2. The lowest BCUT2D eigenvalue weighted by molar-refractivity contribution is -0.132. The first-order chi connectivity index (χ1) is 15.8. The van der Waals surface area contributed by atoms with E-state index in [0.29, 0.717) is 15.8 Å².